The smallest absolute Gasteiger partial charge is 0.257 e. The Morgan fingerprint density at radius 2 is 2.22 bits per heavy atom. The van der Waals surface area contributed by atoms with Gasteiger partial charge in [-0.2, -0.15) is 0 Å². The second kappa shape index (κ2) is 7.43. The number of amides is 1. The number of likely N-dealkylation sites (tertiary alicyclic amines) is 1. The lowest BCUT2D eigenvalue weighted by atomic mass is 9.99. The van der Waals surface area contributed by atoms with Gasteiger partial charge in [0.25, 0.3) is 5.91 Å². The number of rotatable bonds is 4. The molecule has 0 radical (unpaired) electrons. The molecule has 1 aliphatic heterocycles. The van der Waals surface area contributed by atoms with Crippen LogP contribution in [0.5, 0.6) is 0 Å². The third kappa shape index (κ3) is 4.53. The quantitative estimate of drug-likeness (QED) is 0.896. The normalized spacial score (nSPS) is 16.4. The summed E-state index contributed by atoms with van der Waals surface area (Å²) in [5, 5.41) is 6.05. The summed E-state index contributed by atoms with van der Waals surface area (Å²) in [6, 6.07) is 6.91. The Morgan fingerprint density at radius 3 is 2.96 bits per heavy atom. The molecule has 122 valence electrons. The predicted molar refractivity (Wildman–Crippen MR) is 95.2 cm³/mol. The molecule has 0 saturated carbocycles. The number of hydrogen-bond donors (Lipinski definition) is 1. The summed E-state index contributed by atoms with van der Waals surface area (Å²) in [6.45, 7) is 5.42. The van der Waals surface area contributed by atoms with E-state index in [1.165, 1.54) is 24.2 Å². The number of benzene rings is 1. The number of nitrogens with zero attached hydrogens (tertiary/aromatic N) is 2. The second-order valence-corrected chi connectivity index (χ2v) is 7.36. The van der Waals surface area contributed by atoms with Gasteiger partial charge in [0.15, 0.2) is 5.13 Å². The average Bonchev–Trinajstić information content (AvgIpc) is 2.96. The van der Waals surface area contributed by atoms with Gasteiger partial charge in [0, 0.05) is 22.5 Å². The Bertz CT molecular complexity index is 680. The lowest BCUT2D eigenvalue weighted by Crippen LogP contribution is -2.32. The van der Waals surface area contributed by atoms with Crippen LogP contribution in [0.15, 0.2) is 29.6 Å². The largest absolute Gasteiger partial charge is 0.298 e. The molecule has 23 heavy (non-hydrogen) atoms. The van der Waals surface area contributed by atoms with Gasteiger partial charge in [-0.3, -0.25) is 15.0 Å². The van der Waals surface area contributed by atoms with E-state index in [2.05, 4.69) is 22.1 Å². The standard InChI is InChI=1S/C17H20ClN3OS/c1-12-5-7-21(8-6-12)10-15-11-23-17(19-15)20-16(22)13-3-2-4-14(18)9-13/h2-4,9,11-12H,5-8,10H2,1H3,(H,19,20,22). The van der Waals surface area contributed by atoms with Crippen molar-refractivity contribution in [2.24, 2.45) is 5.92 Å². The molecular weight excluding hydrogens is 330 g/mol. The van der Waals surface area contributed by atoms with Crippen LogP contribution in [0, 0.1) is 5.92 Å². The summed E-state index contributed by atoms with van der Waals surface area (Å²) >= 11 is 7.38. The molecule has 1 saturated heterocycles. The van der Waals surface area contributed by atoms with Crippen LogP contribution >= 0.6 is 22.9 Å². The van der Waals surface area contributed by atoms with E-state index in [4.69, 9.17) is 11.6 Å². The van der Waals surface area contributed by atoms with Crippen molar-refractivity contribution in [3.8, 4) is 0 Å². The monoisotopic (exact) mass is 349 g/mol. The Balaban J connectivity index is 1.58. The number of nitrogens with one attached hydrogen (secondary N) is 1. The molecule has 1 N–H and O–H groups in total. The lowest BCUT2D eigenvalue weighted by molar-refractivity contribution is 0.102. The summed E-state index contributed by atoms with van der Waals surface area (Å²) in [6.07, 6.45) is 2.50. The van der Waals surface area contributed by atoms with Crippen LogP contribution in [-0.2, 0) is 6.54 Å². The Labute approximate surface area is 145 Å². The van der Waals surface area contributed by atoms with Crippen LogP contribution in [0.4, 0.5) is 5.13 Å². The van der Waals surface area contributed by atoms with Crippen molar-refractivity contribution >= 4 is 34.0 Å². The first-order chi connectivity index (χ1) is 11.1. The van der Waals surface area contributed by atoms with Gasteiger partial charge in [-0.1, -0.05) is 24.6 Å². The van der Waals surface area contributed by atoms with Crippen molar-refractivity contribution in [1.82, 2.24) is 9.88 Å². The summed E-state index contributed by atoms with van der Waals surface area (Å²) < 4.78 is 0. The van der Waals surface area contributed by atoms with Crippen LogP contribution in [0.25, 0.3) is 0 Å². The van der Waals surface area contributed by atoms with Gasteiger partial charge < -0.3 is 0 Å². The van der Waals surface area contributed by atoms with Gasteiger partial charge in [-0.05, 0) is 50.0 Å². The Morgan fingerprint density at radius 1 is 1.43 bits per heavy atom. The van der Waals surface area contributed by atoms with Crippen molar-refractivity contribution in [2.45, 2.75) is 26.3 Å². The highest BCUT2D eigenvalue weighted by atomic mass is 35.5. The predicted octanol–water partition coefficient (Wildman–Crippen LogP) is 4.28. The van der Waals surface area contributed by atoms with Crippen molar-refractivity contribution in [3.05, 3.63) is 45.9 Å². The first-order valence-electron chi connectivity index (χ1n) is 7.84. The van der Waals surface area contributed by atoms with Crippen LogP contribution in [0.1, 0.15) is 35.8 Å². The molecule has 0 aliphatic carbocycles. The molecule has 3 rings (SSSR count). The van der Waals surface area contributed by atoms with E-state index in [0.717, 1.165) is 31.2 Å². The van der Waals surface area contributed by atoms with E-state index in [0.29, 0.717) is 15.7 Å². The summed E-state index contributed by atoms with van der Waals surface area (Å²) in [5.41, 5.74) is 1.56. The summed E-state index contributed by atoms with van der Waals surface area (Å²) in [5.74, 6) is 0.648. The number of carbonyl (C=O) groups excluding carboxylic acids is 1. The zero-order valence-corrected chi connectivity index (χ0v) is 14.7. The zero-order valence-electron chi connectivity index (χ0n) is 13.1. The minimum Gasteiger partial charge on any atom is -0.298 e. The maximum absolute atomic E-state index is 12.2. The molecule has 6 heteroatoms. The number of anilines is 1. The van der Waals surface area contributed by atoms with Crippen molar-refractivity contribution in [2.75, 3.05) is 18.4 Å². The third-order valence-corrected chi connectivity index (χ3v) is 5.16. The first kappa shape index (κ1) is 16.4. The minimum absolute atomic E-state index is 0.180. The van der Waals surface area contributed by atoms with Crippen molar-refractivity contribution in [3.63, 3.8) is 0 Å². The topological polar surface area (TPSA) is 45.2 Å². The number of thiazole rings is 1. The van der Waals surface area contributed by atoms with Gasteiger partial charge in [-0.15, -0.1) is 11.3 Å². The molecule has 1 fully saturated rings. The SMILES string of the molecule is CC1CCN(Cc2csc(NC(=O)c3cccc(Cl)c3)n2)CC1. The highest BCUT2D eigenvalue weighted by Crippen LogP contribution is 2.21. The van der Waals surface area contributed by atoms with Crippen LogP contribution in [0.2, 0.25) is 5.02 Å². The van der Waals surface area contributed by atoms with Crippen LogP contribution in [-0.4, -0.2) is 28.9 Å². The molecule has 0 bridgehead atoms. The molecule has 1 aliphatic rings. The molecule has 0 atom stereocenters. The molecule has 2 heterocycles. The highest BCUT2D eigenvalue weighted by Gasteiger charge is 2.17. The maximum atomic E-state index is 12.2. The first-order valence-corrected chi connectivity index (χ1v) is 9.09. The molecule has 1 aromatic heterocycles. The number of carbonyl (C=O) groups is 1. The molecule has 0 unspecified atom stereocenters. The summed E-state index contributed by atoms with van der Waals surface area (Å²) in [7, 11) is 0. The number of hydrogen-bond acceptors (Lipinski definition) is 4. The fraction of sp³-hybridized carbons (Fsp3) is 0.412. The van der Waals surface area contributed by atoms with Gasteiger partial charge in [-0.25, -0.2) is 4.98 Å². The number of aromatic nitrogens is 1. The van der Waals surface area contributed by atoms with Crippen LogP contribution in [0.3, 0.4) is 0 Å². The molecular formula is C17H20ClN3OS. The van der Waals surface area contributed by atoms with E-state index >= 15 is 0 Å². The molecule has 1 aromatic carbocycles. The van der Waals surface area contributed by atoms with E-state index in [1.807, 2.05) is 5.38 Å². The molecule has 1 amide bonds. The fourth-order valence-electron chi connectivity index (χ4n) is 2.69. The number of halogens is 1. The van der Waals surface area contributed by atoms with Crippen LogP contribution < -0.4 is 5.32 Å². The number of piperidine rings is 1. The lowest BCUT2D eigenvalue weighted by Gasteiger charge is -2.29. The molecule has 4 nitrogen and oxygen atoms in total. The van der Waals surface area contributed by atoms with Gasteiger partial charge in [0.1, 0.15) is 0 Å². The zero-order chi connectivity index (χ0) is 16.2. The van der Waals surface area contributed by atoms with Gasteiger partial charge in [0.2, 0.25) is 0 Å². The van der Waals surface area contributed by atoms with Gasteiger partial charge >= 0.3 is 0 Å². The van der Waals surface area contributed by atoms with E-state index in [9.17, 15) is 4.79 Å². The highest BCUT2D eigenvalue weighted by molar-refractivity contribution is 7.13. The van der Waals surface area contributed by atoms with E-state index < -0.39 is 0 Å². The Kier molecular flexibility index (Phi) is 5.30. The summed E-state index contributed by atoms with van der Waals surface area (Å²) in [4.78, 5) is 19.1. The van der Waals surface area contributed by atoms with E-state index in [-0.39, 0.29) is 5.91 Å². The minimum atomic E-state index is -0.180. The Hall–Kier alpha value is -1.43. The molecule has 0 spiro atoms. The fourth-order valence-corrected chi connectivity index (χ4v) is 3.57. The maximum Gasteiger partial charge on any atom is 0.257 e. The van der Waals surface area contributed by atoms with Crippen molar-refractivity contribution in [1.29, 1.82) is 0 Å². The average molecular weight is 350 g/mol. The second-order valence-electron chi connectivity index (χ2n) is 6.07. The van der Waals surface area contributed by atoms with Crippen molar-refractivity contribution < 1.29 is 4.79 Å². The third-order valence-electron chi connectivity index (χ3n) is 4.12. The molecule has 2 aromatic rings. The van der Waals surface area contributed by atoms with Gasteiger partial charge in [0.05, 0.1) is 5.69 Å². The van der Waals surface area contributed by atoms with E-state index in [1.54, 1.807) is 24.3 Å².